The summed E-state index contributed by atoms with van der Waals surface area (Å²) in [4.78, 5) is 22.8. The minimum atomic E-state index is -4.82. The van der Waals surface area contributed by atoms with E-state index in [1.807, 2.05) is 0 Å². The van der Waals surface area contributed by atoms with Crippen molar-refractivity contribution in [2.24, 2.45) is 5.92 Å². The van der Waals surface area contributed by atoms with E-state index in [4.69, 9.17) is 16.7 Å². The maximum atomic E-state index is 12.5. The Morgan fingerprint density at radius 1 is 1.50 bits per heavy atom. The van der Waals surface area contributed by atoms with Crippen molar-refractivity contribution >= 4 is 17.6 Å². The zero-order valence-corrected chi connectivity index (χ0v) is 11.4. The fourth-order valence-electron chi connectivity index (χ4n) is 1.62. The molecule has 1 aromatic rings. The van der Waals surface area contributed by atoms with Crippen molar-refractivity contribution in [1.29, 1.82) is 0 Å². The predicted molar refractivity (Wildman–Crippen MR) is 64.6 cm³/mol. The first-order valence-corrected chi connectivity index (χ1v) is 6.01. The molecule has 112 valence electrons. The summed E-state index contributed by atoms with van der Waals surface area (Å²) in [6.45, 7) is 3.43. The molecule has 0 saturated heterocycles. The molecule has 1 heterocycles. The number of nitrogens with zero attached hydrogens (tertiary/aromatic N) is 2. The Labute approximate surface area is 117 Å². The molecule has 1 aromatic heterocycles. The molecule has 20 heavy (non-hydrogen) atoms. The second-order valence-corrected chi connectivity index (χ2v) is 4.97. The Morgan fingerprint density at radius 2 is 2.05 bits per heavy atom. The van der Waals surface area contributed by atoms with Crippen molar-refractivity contribution in [1.82, 2.24) is 9.78 Å². The second kappa shape index (κ2) is 5.82. The minimum Gasteiger partial charge on any atom is -0.480 e. The maximum Gasteiger partial charge on any atom is 0.419 e. The van der Waals surface area contributed by atoms with Gasteiger partial charge in [-0.2, -0.15) is 18.3 Å². The van der Waals surface area contributed by atoms with E-state index in [1.165, 1.54) is 0 Å². The van der Waals surface area contributed by atoms with E-state index in [1.54, 1.807) is 13.8 Å². The number of rotatable bonds is 4. The van der Waals surface area contributed by atoms with Gasteiger partial charge in [-0.05, 0) is 12.3 Å². The van der Waals surface area contributed by atoms with Crippen LogP contribution in [0.3, 0.4) is 0 Å². The highest BCUT2D eigenvalue weighted by Gasteiger charge is 2.36. The van der Waals surface area contributed by atoms with E-state index in [0.29, 0.717) is 4.68 Å². The van der Waals surface area contributed by atoms with Crippen LogP contribution in [0, 0.1) is 5.92 Å². The SMILES string of the molecule is CC(C)C[C@@H](C(=O)O)n1nc(Cl)c(C(F)(F)F)cc1=O. The van der Waals surface area contributed by atoms with Crippen molar-refractivity contribution in [3.05, 3.63) is 27.1 Å². The van der Waals surface area contributed by atoms with Crippen molar-refractivity contribution in [3.63, 3.8) is 0 Å². The van der Waals surface area contributed by atoms with Gasteiger partial charge in [0.05, 0.1) is 0 Å². The van der Waals surface area contributed by atoms with E-state index in [2.05, 4.69) is 5.10 Å². The summed E-state index contributed by atoms with van der Waals surface area (Å²) in [5, 5.41) is 11.4. The lowest BCUT2D eigenvalue weighted by Gasteiger charge is -2.17. The number of hydrogen-bond donors (Lipinski definition) is 1. The van der Waals surface area contributed by atoms with Crippen LogP contribution in [0.5, 0.6) is 0 Å². The average Bonchev–Trinajstić information content (AvgIpc) is 2.26. The van der Waals surface area contributed by atoms with Crippen molar-refractivity contribution in [2.75, 3.05) is 0 Å². The smallest absolute Gasteiger partial charge is 0.419 e. The highest BCUT2D eigenvalue weighted by Crippen LogP contribution is 2.32. The van der Waals surface area contributed by atoms with E-state index in [-0.39, 0.29) is 18.4 Å². The summed E-state index contributed by atoms with van der Waals surface area (Å²) in [6.07, 6.45) is -4.77. The standard InChI is InChI=1S/C11H12ClF3N2O3/c1-5(2)3-7(10(19)20)17-8(18)4-6(9(12)16-17)11(13,14)15/h4-5,7H,3H2,1-2H3,(H,19,20)/t7-/m0/s1. The molecule has 1 N–H and O–H groups in total. The fraction of sp³-hybridized carbons (Fsp3) is 0.545. The lowest BCUT2D eigenvalue weighted by molar-refractivity contribution is -0.142. The van der Waals surface area contributed by atoms with Crippen LogP contribution >= 0.6 is 11.6 Å². The molecule has 1 atom stereocenters. The van der Waals surface area contributed by atoms with Crippen molar-refractivity contribution in [2.45, 2.75) is 32.5 Å². The number of aliphatic carboxylic acids is 1. The summed E-state index contributed by atoms with van der Waals surface area (Å²) in [5.74, 6) is -1.45. The Hall–Kier alpha value is -1.57. The topological polar surface area (TPSA) is 72.2 Å². The first-order chi connectivity index (χ1) is 9.04. The van der Waals surface area contributed by atoms with Crippen molar-refractivity contribution < 1.29 is 23.1 Å². The molecule has 0 bridgehead atoms. The highest BCUT2D eigenvalue weighted by molar-refractivity contribution is 6.30. The summed E-state index contributed by atoms with van der Waals surface area (Å²) in [6, 6.07) is -1.10. The largest absolute Gasteiger partial charge is 0.480 e. The first kappa shape index (κ1) is 16.5. The monoisotopic (exact) mass is 312 g/mol. The van der Waals surface area contributed by atoms with Gasteiger partial charge in [-0.3, -0.25) is 4.79 Å². The summed E-state index contributed by atoms with van der Waals surface area (Å²) in [7, 11) is 0. The maximum absolute atomic E-state index is 12.5. The van der Waals surface area contributed by atoms with Gasteiger partial charge in [-0.15, -0.1) is 0 Å². The van der Waals surface area contributed by atoms with Gasteiger partial charge in [0.1, 0.15) is 5.56 Å². The molecule has 0 aromatic carbocycles. The van der Waals surface area contributed by atoms with Gasteiger partial charge in [0, 0.05) is 6.07 Å². The van der Waals surface area contributed by atoms with E-state index >= 15 is 0 Å². The molecule has 0 aliphatic heterocycles. The van der Waals surface area contributed by atoms with Crippen LogP contribution in [0.1, 0.15) is 31.9 Å². The highest BCUT2D eigenvalue weighted by atomic mass is 35.5. The molecule has 0 saturated carbocycles. The molecule has 0 fully saturated rings. The molecule has 0 radical (unpaired) electrons. The van der Waals surface area contributed by atoms with E-state index < -0.39 is 34.5 Å². The molecule has 0 unspecified atom stereocenters. The van der Waals surface area contributed by atoms with Gasteiger partial charge < -0.3 is 5.11 Å². The average molecular weight is 313 g/mol. The van der Waals surface area contributed by atoms with Crippen LogP contribution in [0.25, 0.3) is 0 Å². The van der Waals surface area contributed by atoms with Crippen LogP contribution < -0.4 is 5.56 Å². The molecule has 0 aliphatic rings. The Bertz CT molecular complexity index is 569. The number of halogens is 4. The lowest BCUT2D eigenvalue weighted by Crippen LogP contribution is -2.34. The van der Waals surface area contributed by atoms with Gasteiger partial charge in [-0.1, -0.05) is 25.4 Å². The third-order valence-electron chi connectivity index (χ3n) is 2.49. The number of carboxylic acid groups (broad SMARTS) is 1. The number of carboxylic acids is 1. The Morgan fingerprint density at radius 3 is 2.45 bits per heavy atom. The quantitative estimate of drug-likeness (QED) is 0.927. The van der Waals surface area contributed by atoms with Gasteiger partial charge in [0.2, 0.25) is 0 Å². The molecular formula is C11H12ClF3N2O3. The van der Waals surface area contributed by atoms with E-state index in [9.17, 15) is 22.8 Å². The minimum absolute atomic E-state index is 0.0456. The summed E-state index contributed by atoms with van der Waals surface area (Å²) < 4.78 is 38.1. The number of carbonyl (C=O) groups is 1. The van der Waals surface area contributed by atoms with Crippen LogP contribution in [0.4, 0.5) is 13.2 Å². The summed E-state index contributed by atoms with van der Waals surface area (Å²) >= 11 is 5.39. The number of alkyl halides is 3. The van der Waals surface area contributed by atoms with E-state index in [0.717, 1.165) is 0 Å². The first-order valence-electron chi connectivity index (χ1n) is 5.63. The normalized spacial score (nSPS) is 13.6. The third kappa shape index (κ3) is 3.72. The molecule has 9 heteroatoms. The van der Waals surface area contributed by atoms with Gasteiger partial charge in [0.15, 0.2) is 11.2 Å². The molecule has 0 amide bonds. The van der Waals surface area contributed by atoms with Crippen molar-refractivity contribution in [3.8, 4) is 0 Å². The molecular weight excluding hydrogens is 301 g/mol. The summed E-state index contributed by atoms with van der Waals surface area (Å²) in [5.41, 5.74) is -2.54. The number of aromatic nitrogens is 2. The fourth-order valence-corrected chi connectivity index (χ4v) is 1.86. The van der Waals surface area contributed by atoms with Crippen LogP contribution in [-0.4, -0.2) is 20.9 Å². The molecule has 0 spiro atoms. The van der Waals surface area contributed by atoms with Crippen LogP contribution in [0.15, 0.2) is 10.9 Å². The molecule has 5 nitrogen and oxygen atoms in total. The zero-order valence-electron chi connectivity index (χ0n) is 10.6. The lowest BCUT2D eigenvalue weighted by atomic mass is 10.0. The van der Waals surface area contributed by atoms with Crippen LogP contribution in [0.2, 0.25) is 5.15 Å². The van der Waals surface area contributed by atoms with Crippen LogP contribution in [-0.2, 0) is 11.0 Å². The van der Waals surface area contributed by atoms with Gasteiger partial charge >= 0.3 is 12.1 Å². The Balaban J connectivity index is 3.36. The molecule has 0 aliphatic carbocycles. The third-order valence-corrected chi connectivity index (χ3v) is 2.77. The second-order valence-electron chi connectivity index (χ2n) is 4.61. The zero-order chi connectivity index (χ0) is 15.7. The predicted octanol–water partition coefficient (Wildman–Crippen LogP) is 2.59. The molecule has 1 rings (SSSR count). The van der Waals surface area contributed by atoms with Gasteiger partial charge in [0.25, 0.3) is 5.56 Å². The number of hydrogen-bond acceptors (Lipinski definition) is 3. The van der Waals surface area contributed by atoms with Gasteiger partial charge in [-0.25, -0.2) is 9.48 Å². The Kier molecular flexibility index (Phi) is 4.80.